The number of anilines is 1. The number of amides is 1. The van der Waals surface area contributed by atoms with Gasteiger partial charge < -0.3 is 14.9 Å². The summed E-state index contributed by atoms with van der Waals surface area (Å²) in [6.45, 7) is 3.43. The highest BCUT2D eigenvalue weighted by molar-refractivity contribution is 6.09. The van der Waals surface area contributed by atoms with Crippen molar-refractivity contribution < 1.29 is 14.4 Å². The Morgan fingerprint density at radius 2 is 2.00 bits per heavy atom. The van der Waals surface area contributed by atoms with Crippen molar-refractivity contribution >= 4 is 17.3 Å². The second kappa shape index (κ2) is 5.39. The van der Waals surface area contributed by atoms with Crippen molar-refractivity contribution in [2.75, 3.05) is 5.32 Å². The first-order chi connectivity index (χ1) is 9.11. The molecule has 0 saturated heterocycles. The lowest BCUT2D eigenvalue weighted by atomic mass is 10.1. The van der Waals surface area contributed by atoms with E-state index in [1.807, 2.05) is 0 Å². The van der Waals surface area contributed by atoms with Gasteiger partial charge in [-0.25, -0.2) is 0 Å². The van der Waals surface area contributed by atoms with E-state index in [1.165, 1.54) is 0 Å². The quantitative estimate of drug-likeness (QED) is 0.504. The topological polar surface area (TPSA) is 74.8 Å². The summed E-state index contributed by atoms with van der Waals surface area (Å²) in [7, 11) is 0. The number of benzene rings is 1. The molecule has 1 aromatic carbocycles. The lowest BCUT2D eigenvalue weighted by molar-refractivity contribution is 0.0995. The van der Waals surface area contributed by atoms with E-state index >= 15 is 0 Å². The summed E-state index contributed by atoms with van der Waals surface area (Å²) in [5.74, 6) is 0.573. The van der Waals surface area contributed by atoms with E-state index < -0.39 is 0 Å². The van der Waals surface area contributed by atoms with E-state index in [0.717, 1.165) is 0 Å². The summed E-state index contributed by atoms with van der Waals surface area (Å²) < 4.78 is 5.25. The molecule has 0 fully saturated rings. The van der Waals surface area contributed by atoms with Gasteiger partial charge in [-0.3, -0.25) is 4.79 Å². The van der Waals surface area contributed by atoms with Crippen LogP contribution in [-0.4, -0.2) is 16.8 Å². The van der Waals surface area contributed by atoms with E-state index in [-0.39, 0.29) is 11.7 Å². The highest BCUT2D eigenvalue weighted by Gasteiger charge is 2.13. The maximum absolute atomic E-state index is 12.0. The molecule has 19 heavy (non-hydrogen) atoms. The van der Waals surface area contributed by atoms with Crippen LogP contribution < -0.4 is 5.32 Å². The van der Waals surface area contributed by atoms with Crippen LogP contribution in [0.3, 0.4) is 0 Å². The lowest BCUT2D eigenvalue weighted by Crippen LogP contribution is -2.13. The van der Waals surface area contributed by atoms with Crippen LogP contribution in [0.1, 0.15) is 28.8 Å². The Balaban J connectivity index is 2.27. The molecule has 0 unspecified atom stereocenters. The third-order valence-corrected chi connectivity index (χ3v) is 2.68. The summed E-state index contributed by atoms with van der Waals surface area (Å²) in [5, 5.41) is 14.7. The maximum Gasteiger partial charge on any atom is 0.291 e. The molecule has 1 aromatic heterocycles. The summed E-state index contributed by atoms with van der Waals surface area (Å²) in [6.07, 6.45) is 0. The average molecular weight is 258 g/mol. The van der Waals surface area contributed by atoms with Gasteiger partial charge in [0.15, 0.2) is 5.76 Å². The summed E-state index contributed by atoms with van der Waals surface area (Å²) in [5.41, 5.74) is 1.64. The predicted molar refractivity (Wildman–Crippen MR) is 71.8 cm³/mol. The average Bonchev–Trinajstić information content (AvgIpc) is 2.85. The molecule has 2 N–H and O–H groups in total. The van der Waals surface area contributed by atoms with Crippen LogP contribution in [0, 0.1) is 6.92 Å². The second-order valence-corrected chi connectivity index (χ2v) is 4.10. The molecule has 1 amide bonds. The molecule has 2 aromatic rings. The third-order valence-electron chi connectivity index (χ3n) is 2.68. The van der Waals surface area contributed by atoms with Gasteiger partial charge in [0.25, 0.3) is 5.91 Å². The van der Waals surface area contributed by atoms with E-state index in [1.54, 1.807) is 50.2 Å². The van der Waals surface area contributed by atoms with E-state index in [4.69, 9.17) is 9.62 Å². The van der Waals surface area contributed by atoms with Crippen LogP contribution in [0.15, 0.2) is 46.0 Å². The maximum atomic E-state index is 12.0. The Kier molecular flexibility index (Phi) is 3.66. The molecular weight excluding hydrogens is 244 g/mol. The first kappa shape index (κ1) is 12.9. The molecular formula is C14H14N2O3. The zero-order valence-electron chi connectivity index (χ0n) is 10.7. The molecule has 0 aliphatic carbocycles. The number of carbonyl (C=O) groups is 1. The summed E-state index contributed by atoms with van der Waals surface area (Å²) in [4.78, 5) is 12.0. The lowest BCUT2D eigenvalue weighted by Gasteiger charge is -2.08. The van der Waals surface area contributed by atoms with Gasteiger partial charge >= 0.3 is 0 Å². The van der Waals surface area contributed by atoms with Crippen molar-refractivity contribution in [2.45, 2.75) is 13.8 Å². The summed E-state index contributed by atoms with van der Waals surface area (Å²) >= 11 is 0. The Hall–Kier alpha value is -2.56. The summed E-state index contributed by atoms with van der Waals surface area (Å²) in [6, 6.07) is 10.4. The Morgan fingerprint density at radius 1 is 1.26 bits per heavy atom. The van der Waals surface area contributed by atoms with Crippen molar-refractivity contribution in [3.8, 4) is 0 Å². The number of oxime groups is 1. The van der Waals surface area contributed by atoms with E-state index in [2.05, 4.69) is 10.5 Å². The van der Waals surface area contributed by atoms with Crippen LogP contribution in [0.2, 0.25) is 0 Å². The number of nitrogens with zero attached hydrogens (tertiary/aromatic N) is 1. The Bertz CT molecular complexity index is 629. The highest BCUT2D eigenvalue weighted by Crippen LogP contribution is 2.17. The molecule has 0 spiro atoms. The minimum Gasteiger partial charge on any atom is -0.456 e. The zero-order valence-corrected chi connectivity index (χ0v) is 10.7. The normalized spacial score (nSPS) is 11.4. The largest absolute Gasteiger partial charge is 0.456 e. The zero-order chi connectivity index (χ0) is 13.8. The van der Waals surface area contributed by atoms with Gasteiger partial charge in [-0.05, 0) is 32.0 Å². The van der Waals surface area contributed by atoms with Crippen molar-refractivity contribution in [1.29, 1.82) is 0 Å². The van der Waals surface area contributed by atoms with Gasteiger partial charge in [-0.1, -0.05) is 23.4 Å². The molecule has 0 aliphatic rings. The SMILES string of the molecule is C/C(=N\O)c1ccccc1NC(=O)c1ccc(C)o1. The number of para-hydroxylation sites is 1. The van der Waals surface area contributed by atoms with Gasteiger partial charge in [0.2, 0.25) is 0 Å². The highest BCUT2D eigenvalue weighted by atomic mass is 16.4. The monoisotopic (exact) mass is 258 g/mol. The number of rotatable bonds is 3. The van der Waals surface area contributed by atoms with Gasteiger partial charge in [-0.2, -0.15) is 0 Å². The molecule has 0 radical (unpaired) electrons. The predicted octanol–water partition coefficient (Wildman–Crippen LogP) is 3.04. The number of hydrogen-bond donors (Lipinski definition) is 2. The first-order valence-electron chi connectivity index (χ1n) is 5.77. The van der Waals surface area contributed by atoms with Crippen molar-refractivity contribution in [1.82, 2.24) is 0 Å². The van der Waals surface area contributed by atoms with Crippen molar-refractivity contribution in [3.05, 3.63) is 53.5 Å². The minimum atomic E-state index is -0.341. The molecule has 0 bridgehead atoms. The molecule has 98 valence electrons. The number of carbonyl (C=O) groups excluding carboxylic acids is 1. The minimum absolute atomic E-state index is 0.242. The smallest absolute Gasteiger partial charge is 0.291 e. The molecule has 0 saturated carbocycles. The first-order valence-corrected chi connectivity index (χ1v) is 5.77. The number of furan rings is 1. The molecule has 1 heterocycles. The van der Waals surface area contributed by atoms with Gasteiger partial charge in [0.05, 0.1) is 11.4 Å². The standard InChI is InChI=1S/C14H14N2O3/c1-9-7-8-13(19-9)14(17)15-12-6-4-3-5-11(12)10(2)16-18/h3-8,18H,1-2H3,(H,15,17)/b16-10+. The van der Waals surface area contributed by atoms with Gasteiger partial charge in [-0.15, -0.1) is 0 Å². The van der Waals surface area contributed by atoms with Crippen molar-refractivity contribution in [3.63, 3.8) is 0 Å². The number of nitrogens with one attached hydrogen (secondary N) is 1. The van der Waals surface area contributed by atoms with Crippen LogP contribution in [0.25, 0.3) is 0 Å². The molecule has 0 atom stereocenters. The Morgan fingerprint density at radius 3 is 2.63 bits per heavy atom. The Labute approximate surface area is 110 Å². The van der Waals surface area contributed by atoms with E-state index in [0.29, 0.717) is 22.7 Å². The van der Waals surface area contributed by atoms with E-state index in [9.17, 15) is 4.79 Å². The van der Waals surface area contributed by atoms with Gasteiger partial charge in [0, 0.05) is 5.56 Å². The second-order valence-electron chi connectivity index (χ2n) is 4.10. The van der Waals surface area contributed by atoms with Gasteiger partial charge in [0.1, 0.15) is 5.76 Å². The third kappa shape index (κ3) is 2.82. The number of aryl methyl sites for hydroxylation is 1. The van der Waals surface area contributed by atoms with Crippen molar-refractivity contribution in [2.24, 2.45) is 5.16 Å². The van der Waals surface area contributed by atoms with Crippen LogP contribution in [0.5, 0.6) is 0 Å². The fraction of sp³-hybridized carbons (Fsp3) is 0.143. The molecule has 5 nitrogen and oxygen atoms in total. The fourth-order valence-corrected chi connectivity index (χ4v) is 1.70. The van der Waals surface area contributed by atoms with Crippen LogP contribution >= 0.6 is 0 Å². The fourth-order valence-electron chi connectivity index (χ4n) is 1.70. The van der Waals surface area contributed by atoms with Crippen LogP contribution in [-0.2, 0) is 0 Å². The number of hydrogen-bond acceptors (Lipinski definition) is 4. The molecule has 0 aliphatic heterocycles. The molecule has 5 heteroatoms. The van der Waals surface area contributed by atoms with Crippen LogP contribution in [0.4, 0.5) is 5.69 Å². The molecule has 2 rings (SSSR count).